The second kappa shape index (κ2) is 11.9. The van der Waals surface area contributed by atoms with Crippen LogP contribution in [0.15, 0.2) is 36.9 Å². The lowest BCUT2D eigenvalue weighted by Crippen LogP contribution is -2.55. The fraction of sp³-hybridized carbons (Fsp3) is 0.621. The van der Waals surface area contributed by atoms with Gasteiger partial charge in [0.2, 0.25) is 5.91 Å². The summed E-state index contributed by atoms with van der Waals surface area (Å²) in [7, 11) is 1.53. The predicted molar refractivity (Wildman–Crippen MR) is 140 cm³/mol. The van der Waals surface area contributed by atoms with Crippen molar-refractivity contribution in [2.75, 3.05) is 20.2 Å². The van der Waals surface area contributed by atoms with Gasteiger partial charge in [0.05, 0.1) is 22.1 Å². The molecule has 1 aromatic heterocycles. The molecule has 1 amide bonds. The number of nitrogens with one attached hydrogen (secondary N) is 1. The van der Waals surface area contributed by atoms with Gasteiger partial charge in [-0.05, 0) is 93.8 Å². The van der Waals surface area contributed by atoms with Gasteiger partial charge in [-0.3, -0.25) is 4.79 Å². The van der Waals surface area contributed by atoms with Gasteiger partial charge in [0.25, 0.3) is 0 Å². The highest BCUT2D eigenvalue weighted by Gasteiger charge is 2.57. The summed E-state index contributed by atoms with van der Waals surface area (Å²) in [6.45, 7) is 4.96. The number of likely N-dealkylation sites (tertiary alicyclic amines) is 1. The van der Waals surface area contributed by atoms with Crippen molar-refractivity contribution in [3.05, 3.63) is 59.2 Å². The molecule has 1 N–H and O–H groups in total. The van der Waals surface area contributed by atoms with Crippen LogP contribution in [0, 0.1) is 5.41 Å². The highest BCUT2D eigenvalue weighted by atomic mass is 19.4. The van der Waals surface area contributed by atoms with E-state index in [-0.39, 0.29) is 17.7 Å². The number of hydrogen-bond acceptors (Lipinski definition) is 5. The van der Waals surface area contributed by atoms with Crippen LogP contribution >= 0.6 is 0 Å². The smallest absolute Gasteiger partial charge is 0.377 e. The molecular weight excluding hydrogens is 550 g/mol. The van der Waals surface area contributed by atoms with Crippen LogP contribution in [-0.4, -0.2) is 52.6 Å². The number of alkyl halides is 6. The standard InChI is InChI=1S/C29H36F6N4O2/c1-4-26(2,41-3)27(8-5-24(14-27)39-9-6-20(7-10-39)21-16-36-18-37-17-21)25(40)38-15-19-11-22(28(30,31)32)13-23(12-19)29(33,34)35/h11-13,16-18,20,24H,4-10,14-15H2,1-3H3,(H,38,40)/t24-,26?,27-/m1/s1. The minimum atomic E-state index is -4.96. The molecule has 2 aromatic rings. The van der Waals surface area contributed by atoms with Crippen LogP contribution in [0.5, 0.6) is 0 Å². The van der Waals surface area contributed by atoms with Crippen molar-refractivity contribution in [1.82, 2.24) is 20.2 Å². The molecule has 6 nitrogen and oxygen atoms in total. The predicted octanol–water partition coefficient (Wildman–Crippen LogP) is 6.36. The maximum absolute atomic E-state index is 13.9. The van der Waals surface area contributed by atoms with Crippen molar-refractivity contribution < 1.29 is 35.9 Å². The third-order valence-corrected chi connectivity index (χ3v) is 9.26. The maximum atomic E-state index is 13.9. The summed E-state index contributed by atoms with van der Waals surface area (Å²) in [6, 6.07) is 1.48. The Balaban J connectivity index is 1.51. The Labute approximate surface area is 235 Å². The van der Waals surface area contributed by atoms with Gasteiger partial charge in [0.1, 0.15) is 6.33 Å². The Morgan fingerprint density at radius 1 is 1.02 bits per heavy atom. The van der Waals surface area contributed by atoms with E-state index < -0.39 is 46.9 Å². The van der Waals surface area contributed by atoms with Gasteiger partial charge < -0.3 is 15.0 Å². The molecule has 3 atom stereocenters. The van der Waals surface area contributed by atoms with E-state index in [1.807, 2.05) is 26.2 Å². The minimum absolute atomic E-state index is 0.0848. The quantitative estimate of drug-likeness (QED) is 0.365. The van der Waals surface area contributed by atoms with E-state index >= 15 is 0 Å². The van der Waals surface area contributed by atoms with Crippen LogP contribution < -0.4 is 5.32 Å². The summed E-state index contributed by atoms with van der Waals surface area (Å²) in [4.78, 5) is 24.5. The lowest BCUT2D eigenvalue weighted by Gasteiger charge is -2.45. The number of benzene rings is 1. The van der Waals surface area contributed by atoms with Gasteiger partial charge in [0, 0.05) is 32.1 Å². The minimum Gasteiger partial charge on any atom is -0.377 e. The summed E-state index contributed by atoms with van der Waals surface area (Å²) in [6.07, 6.45) is -0.686. The number of halogens is 6. The van der Waals surface area contributed by atoms with Gasteiger partial charge >= 0.3 is 12.4 Å². The Bertz CT molecular complexity index is 1160. The first kappa shape index (κ1) is 31.2. The zero-order chi connectivity index (χ0) is 30.1. The number of amides is 1. The molecule has 1 saturated carbocycles. The highest BCUT2D eigenvalue weighted by molar-refractivity contribution is 5.84. The Hall–Kier alpha value is -2.73. The monoisotopic (exact) mass is 586 g/mol. The average molecular weight is 587 g/mol. The van der Waals surface area contributed by atoms with Crippen molar-refractivity contribution in [3.8, 4) is 0 Å². The number of methoxy groups -OCH3 is 1. The van der Waals surface area contributed by atoms with E-state index in [1.54, 1.807) is 0 Å². The molecule has 1 aromatic carbocycles. The van der Waals surface area contributed by atoms with Crippen molar-refractivity contribution >= 4 is 5.91 Å². The molecule has 0 bridgehead atoms. The van der Waals surface area contributed by atoms with Gasteiger partial charge in [0.15, 0.2) is 0 Å². The molecule has 1 unspecified atom stereocenters. The summed E-state index contributed by atoms with van der Waals surface area (Å²) < 4.78 is 86.0. The molecule has 2 heterocycles. The van der Waals surface area contributed by atoms with Crippen molar-refractivity contribution in [1.29, 1.82) is 0 Å². The second-order valence-electron chi connectivity index (χ2n) is 11.3. The lowest BCUT2D eigenvalue weighted by atomic mass is 9.68. The molecule has 1 saturated heterocycles. The number of piperidine rings is 1. The van der Waals surface area contributed by atoms with E-state index in [2.05, 4.69) is 20.2 Å². The normalized spacial score (nSPS) is 24.3. The number of ether oxygens (including phenoxy) is 1. The summed E-state index contributed by atoms with van der Waals surface area (Å²) in [5.74, 6) is -0.0654. The fourth-order valence-corrected chi connectivity index (χ4v) is 6.53. The van der Waals surface area contributed by atoms with Gasteiger partial charge in [-0.25, -0.2) is 9.97 Å². The molecule has 0 spiro atoms. The Morgan fingerprint density at radius 3 is 2.12 bits per heavy atom. The van der Waals surface area contributed by atoms with Crippen molar-refractivity contribution in [2.24, 2.45) is 5.41 Å². The zero-order valence-corrected chi connectivity index (χ0v) is 23.4. The van der Waals surface area contributed by atoms with Gasteiger partial charge in [-0.1, -0.05) is 6.92 Å². The van der Waals surface area contributed by atoms with Crippen LogP contribution in [0.3, 0.4) is 0 Å². The van der Waals surface area contributed by atoms with E-state index in [9.17, 15) is 31.1 Å². The first-order chi connectivity index (χ1) is 19.2. The Kier molecular flexibility index (Phi) is 9.04. The molecular formula is C29H36F6N4O2. The molecule has 1 aliphatic heterocycles. The van der Waals surface area contributed by atoms with Crippen LogP contribution in [-0.2, 0) is 28.4 Å². The average Bonchev–Trinajstić information content (AvgIpc) is 3.42. The fourth-order valence-electron chi connectivity index (χ4n) is 6.53. The number of carbonyl (C=O) groups excluding carboxylic acids is 1. The van der Waals surface area contributed by atoms with Crippen molar-refractivity contribution in [3.63, 3.8) is 0 Å². The first-order valence-corrected chi connectivity index (χ1v) is 13.8. The van der Waals surface area contributed by atoms with Crippen LogP contribution in [0.4, 0.5) is 26.3 Å². The number of carbonyl (C=O) groups is 1. The van der Waals surface area contributed by atoms with Crippen LogP contribution in [0.2, 0.25) is 0 Å². The third-order valence-electron chi connectivity index (χ3n) is 9.26. The maximum Gasteiger partial charge on any atom is 0.416 e. The van der Waals surface area contributed by atoms with Gasteiger partial charge in [-0.2, -0.15) is 26.3 Å². The topological polar surface area (TPSA) is 67.3 Å². The number of aromatic nitrogens is 2. The summed E-state index contributed by atoms with van der Waals surface area (Å²) >= 11 is 0. The molecule has 4 rings (SSSR count). The van der Waals surface area contributed by atoms with Crippen LogP contribution in [0.1, 0.15) is 80.5 Å². The molecule has 2 fully saturated rings. The molecule has 1 aliphatic carbocycles. The number of nitrogens with zero attached hydrogens (tertiary/aromatic N) is 3. The van der Waals surface area contributed by atoms with E-state index in [1.165, 1.54) is 13.4 Å². The number of rotatable bonds is 8. The Morgan fingerprint density at radius 2 is 1.61 bits per heavy atom. The van der Waals surface area contributed by atoms with E-state index in [0.29, 0.717) is 37.3 Å². The third kappa shape index (κ3) is 6.53. The number of hydrogen-bond donors (Lipinski definition) is 1. The van der Waals surface area contributed by atoms with Gasteiger partial charge in [-0.15, -0.1) is 0 Å². The van der Waals surface area contributed by atoms with E-state index in [4.69, 9.17) is 4.74 Å². The summed E-state index contributed by atoms with van der Waals surface area (Å²) in [5.41, 5.74) is -3.86. The molecule has 226 valence electrons. The SMILES string of the molecule is CCC(C)(OC)[C@]1(C(=O)NCc2cc(C(F)(F)F)cc(C(F)(F)F)c2)CC[C@@H](N2CCC(c3cncnc3)CC2)C1. The van der Waals surface area contributed by atoms with E-state index in [0.717, 1.165) is 37.9 Å². The highest BCUT2D eigenvalue weighted by Crippen LogP contribution is 2.52. The first-order valence-electron chi connectivity index (χ1n) is 13.8. The molecule has 0 radical (unpaired) electrons. The zero-order valence-electron chi connectivity index (χ0n) is 23.4. The lowest BCUT2D eigenvalue weighted by molar-refractivity contribution is -0.155. The molecule has 2 aliphatic rings. The largest absolute Gasteiger partial charge is 0.416 e. The van der Waals surface area contributed by atoms with Crippen LogP contribution in [0.25, 0.3) is 0 Å². The van der Waals surface area contributed by atoms with Crippen molar-refractivity contribution in [2.45, 2.75) is 88.8 Å². The second-order valence-corrected chi connectivity index (χ2v) is 11.3. The molecule has 12 heteroatoms. The molecule has 41 heavy (non-hydrogen) atoms. The summed E-state index contributed by atoms with van der Waals surface area (Å²) in [5, 5.41) is 2.68.